The van der Waals surface area contributed by atoms with Crippen molar-refractivity contribution in [1.29, 1.82) is 0 Å². The lowest BCUT2D eigenvalue weighted by Gasteiger charge is -2.17. The number of carbonyl (C=O) groups is 1. The fourth-order valence-electron chi connectivity index (χ4n) is 2.77. The van der Waals surface area contributed by atoms with Gasteiger partial charge in [0.2, 0.25) is 0 Å². The molecule has 3 nitrogen and oxygen atoms in total. The van der Waals surface area contributed by atoms with Crippen LogP contribution in [0.15, 0.2) is 42.5 Å². The summed E-state index contributed by atoms with van der Waals surface area (Å²) in [6.45, 7) is 4.71. The second-order valence-electron chi connectivity index (χ2n) is 5.44. The molecular weight excluding hydrogens is 288 g/mol. The van der Waals surface area contributed by atoms with Crippen LogP contribution in [0.4, 0.5) is 0 Å². The molecule has 0 spiro atoms. The monoisotopic (exact) mass is 312 g/mol. The summed E-state index contributed by atoms with van der Waals surface area (Å²) >= 11 is 0. The maximum Gasteiger partial charge on any atom is 0.338 e. The van der Waals surface area contributed by atoms with E-state index in [9.17, 15) is 4.79 Å². The van der Waals surface area contributed by atoms with E-state index in [1.807, 2.05) is 42.5 Å². The van der Waals surface area contributed by atoms with Gasteiger partial charge < -0.3 is 9.47 Å². The second-order valence-corrected chi connectivity index (χ2v) is 5.44. The van der Waals surface area contributed by atoms with E-state index in [1.54, 1.807) is 0 Å². The van der Waals surface area contributed by atoms with Crippen LogP contribution >= 0.6 is 0 Å². The lowest BCUT2D eigenvalue weighted by atomic mass is 9.95. The molecule has 0 unspecified atom stereocenters. The van der Waals surface area contributed by atoms with Crippen LogP contribution in [0.2, 0.25) is 0 Å². The number of methoxy groups -OCH3 is 1. The van der Waals surface area contributed by atoms with Crippen LogP contribution in [0.25, 0.3) is 0 Å². The Labute approximate surface area is 138 Å². The fraction of sp³-hybridized carbons (Fsp3) is 0.350. The average molecular weight is 312 g/mol. The predicted molar refractivity (Wildman–Crippen MR) is 91.9 cm³/mol. The molecule has 0 aliphatic carbocycles. The first kappa shape index (κ1) is 17.1. The van der Waals surface area contributed by atoms with E-state index in [2.05, 4.69) is 13.8 Å². The molecule has 0 atom stereocenters. The van der Waals surface area contributed by atoms with Crippen molar-refractivity contribution in [3.63, 3.8) is 0 Å². The third kappa shape index (κ3) is 4.13. The Hall–Kier alpha value is -2.29. The maximum atomic E-state index is 12.0. The zero-order valence-corrected chi connectivity index (χ0v) is 14.1. The van der Waals surface area contributed by atoms with Crippen molar-refractivity contribution in [2.45, 2.75) is 39.7 Å². The van der Waals surface area contributed by atoms with E-state index < -0.39 is 0 Å². The standard InChI is InChI=1S/C20H24O3/c1-4-9-17-16(5-2)18(20(21)22-3)12-13-19(17)23-14-15-10-7-6-8-11-15/h6-8,10-13H,4-5,9,14H2,1-3H3. The molecule has 0 fully saturated rings. The molecule has 2 aromatic rings. The molecule has 0 radical (unpaired) electrons. The van der Waals surface area contributed by atoms with Crippen molar-refractivity contribution in [2.75, 3.05) is 7.11 Å². The van der Waals surface area contributed by atoms with Gasteiger partial charge in [0.05, 0.1) is 12.7 Å². The normalized spacial score (nSPS) is 10.4. The third-order valence-corrected chi connectivity index (χ3v) is 3.88. The summed E-state index contributed by atoms with van der Waals surface area (Å²) in [6.07, 6.45) is 2.67. The zero-order valence-electron chi connectivity index (χ0n) is 14.1. The largest absolute Gasteiger partial charge is 0.489 e. The summed E-state index contributed by atoms with van der Waals surface area (Å²) in [6, 6.07) is 13.8. The molecule has 2 rings (SSSR count). The van der Waals surface area contributed by atoms with Crippen LogP contribution in [0.1, 0.15) is 47.3 Å². The summed E-state index contributed by atoms with van der Waals surface area (Å²) in [5, 5.41) is 0. The zero-order chi connectivity index (χ0) is 16.7. The highest BCUT2D eigenvalue weighted by molar-refractivity contribution is 5.91. The minimum Gasteiger partial charge on any atom is -0.489 e. The van der Waals surface area contributed by atoms with Crippen LogP contribution in [-0.2, 0) is 24.2 Å². The minimum atomic E-state index is -0.284. The molecule has 0 saturated carbocycles. The maximum absolute atomic E-state index is 12.0. The number of hydrogen-bond donors (Lipinski definition) is 0. The second kappa shape index (κ2) is 8.37. The van der Waals surface area contributed by atoms with Gasteiger partial charge in [-0.2, -0.15) is 0 Å². The molecule has 0 amide bonds. The molecular formula is C20H24O3. The number of ether oxygens (including phenoxy) is 2. The number of rotatable bonds is 7. The van der Waals surface area contributed by atoms with Crippen molar-refractivity contribution >= 4 is 5.97 Å². The number of benzene rings is 2. The molecule has 0 saturated heterocycles. The SMILES string of the molecule is CCCc1c(OCc2ccccc2)ccc(C(=O)OC)c1CC. The van der Waals surface area contributed by atoms with Gasteiger partial charge in [-0.15, -0.1) is 0 Å². The summed E-state index contributed by atoms with van der Waals surface area (Å²) in [5.74, 6) is 0.578. The first-order chi connectivity index (χ1) is 11.2. The van der Waals surface area contributed by atoms with Crippen molar-refractivity contribution in [2.24, 2.45) is 0 Å². The van der Waals surface area contributed by atoms with E-state index in [1.165, 1.54) is 7.11 Å². The van der Waals surface area contributed by atoms with E-state index in [0.29, 0.717) is 12.2 Å². The van der Waals surface area contributed by atoms with Crippen LogP contribution in [0, 0.1) is 0 Å². The third-order valence-electron chi connectivity index (χ3n) is 3.88. The Morgan fingerprint density at radius 1 is 1.00 bits per heavy atom. The summed E-state index contributed by atoms with van der Waals surface area (Å²) in [4.78, 5) is 12.0. The molecule has 0 aromatic heterocycles. The van der Waals surface area contributed by atoms with Gasteiger partial charge in [0.15, 0.2) is 0 Å². The van der Waals surface area contributed by atoms with E-state index >= 15 is 0 Å². The lowest BCUT2D eigenvalue weighted by Crippen LogP contribution is -2.10. The molecule has 122 valence electrons. The van der Waals surface area contributed by atoms with E-state index in [-0.39, 0.29) is 5.97 Å². The number of hydrogen-bond acceptors (Lipinski definition) is 3. The summed E-state index contributed by atoms with van der Waals surface area (Å²) < 4.78 is 10.9. The molecule has 0 aliphatic heterocycles. The topological polar surface area (TPSA) is 35.5 Å². The van der Waals surface area contributed by atoms with E-state index in [0.717, 1.165) is 41.7 Å². The molecule has 23 heavy (non-hydrogen) atoms. The van der Waals surface area contributed by atoms with Gasteiger partial charge in [0.25, 0.3) is 0 Å². The van der Waals surface area contributed by atoms with Crippen molar-refractivity contribution < 1.29 is 14.3 Å². The van der Waals surface area contributed by atoms with Crippen LogP contribution in [0.3, 0.4) is 0 Å². The number of esters is 1. The summed E-state index contributed by atoms with van der Waals surface area (Å²) in [7, 11) is 1.42. The Morgan fingerprint density at radius 2 is 1.74 bits per heavy atom. The predicted octanol–water partition coefficient (Wildman–Crippen LogP) is 4.57. The molecule has 2 aromatic carbocycles. The van der Waals surface area contributed by atoms with Crippen molar-refractivity contribution in [3.05, 3.63) is 64.7 Å². The molecule has 0 aliphatic rings. The number of carbonyl (C=O) groups excluding carboxylic acids is 1. The van der Waals surface area contributed by atoms with Gasteiger partial charge in [-0.3, -0.25) is 0 Å². The molecule has 3 heteroatoms. The Morgan fingerprint density at radius 3 is 2.35 bits per heavy atom. The van der Waals surface area contributed by atoms with Crippen molar-refractivity contribution in [3.8, 4) is 5.75 Å². The van der Waals surface area contributed by atoms with Gasteiger partial charge in [-0.05, 0) is 41.7 Å². The first-order valence-electron chi connectivity index (χ1n) is 8.11. The van der Waals surface area contributed by atoms with Gasteiger partial charge in [0.1, 0.15) is 12.4 Å². The van der Waals surface area contributed by atoms with Gasteiger partial charge in [-0.1, -0.05) is 50.6 Å². The minimum absolute atomic E-state index is 0.284. The Balaban J connectivity index is 2.33. The Bertz CT molecular complexity index is 647. The van der Waals surface area contributed by atoms with Crippen LogP contribution in [-0.4, -0.2) is 13.1 Å². The molecule has 0 N–H and O–H groups in total. The summed E-state index contributed by atoms with van der Waals surface area (Å²) in [5.41, 5.74) is 3.92. The van der Waals surface area contributed by atoms with Gasteiger partial charge in [0, 0.05) is 0 Å². The first-order valence-corrected chi connectivity index (χ1v) is 8.11. The van der Waals surface area contributed by atoms with Crippen LogP contribution in [0.5, 0.6) is 5.75 Å². The fourth-order valence-corrected chi connectivity index (χ4v) is 2.77. The highest BCUT2D eigenvalue weighted by Crippen LogP contribution is 2.29. The van der Waals surface area contributed by atoms with Crippen LogP contribution < -0.4 is 4.74 Å². The highest BCUT2D eigenvalue weighted by Gasteiger charge is 2.17. The highest BCUT2D eigenvalue weighted by atomic mass is 16.5. The molecule has 0 bridgehead atoms. The average Bonchev–Trinajstić information content (AvgIpc) is 2.60. The Kier molecular flexibility index (Phi) is 6.21. The van der Waals surface area contributed by atoms with E-state index in [4.69, 9.17) is 9.47 Å². The quantitative estimate of drug-likeness (QED) is 0.703. The lowest BCUT2D eigenvalue weighted by molar-refractivity contribution is 0.0599. The van der Waals surface area contributed by atoms with Gasteiger partial charge >= 0.3 is 5.97 Å². The van der Waals surface area contributed by atoms with Gasteiger partial charge in [-0.25, -0.2) is 4.79 Å². The molecule has 0 heterocycles. The smallest absolute Gasteiger partial charge is 0.338 e. The van der Waals surface area contributed by atoms with Crippen molar-refractivity contribution in [1.82, 2.24) is 0 Å².